The number of aliphatic hydroxyl groups excluding tert-OH is 1. The van der Waals surface area contributed by atoms with Crippen molar-refractivity contribution in [2.75, 3.05) is 6.61 Å². The average Bonchev–Trinajstić information content (AvgIpc) is 2.92. The molecule has 8 atom stereocenters. The van der Waals surface area contributed by atoms with Gasteiger partial charge in [-0.25, -0.2) is 0 Å². The van der Waals surface area contributed by atoms with E-state index in [4.69, 9.17) is 2.74 Å². The van der Waals surface area contributed by atoms with Crippen molar-refractivity contribution < 1.29 is 7.85 Å². The largest absolute Gasteiger partial charge is 0.396 e. The van der Waals surface area contributed by atoms with Crippen LogP contribution in [0.25, 0.3) is 0 Å². The minimum absolute atomic E-state index is 0.0244. The van der Waals surface area contributed by atoms with Crippen LogP contribution in [0.2, 0.25) is 0 Å². The van der Waals surface area contributed by atoms with E-state index >= 15 is 0 Å². The molecule has 0 spiro atoms. The van der Waals surface area contributed by atoms with Gasteiger partial charge in [0.15, 0.2) is 0 Å². The second-order valence-electron chi connectivity index (χ2n) is 8.95. The number of hydrogen-bond acceptors (Lipinski definition) is 1. The molecular weight excluding hydrogens is 268 g/mol. The molecule has 1 nitrogen and oxygen atoms in total. The van der Waals surface area contributed by atoms with E-state index in [9.17, 15) is 5.11 Å². The zero-order valence-corrected chi connectivity index (χ0v) is 14.4. The van der Waals surface area contributed by atoms with Gasteiger partial charge in [0.25, 0.3) is 0 Å². The molecule has 2 unspecified atom stereocenters. The fraction of sp³-hybridized carbons (Fsp3) is 0.905. The molecule has 0 bridgehead atoms. The summed E-state index contributed by atoms with van der Waals surface area (Å²) in [5.41, 5.74) is 2.22. The molecule has 1 heteroatoms. The molecule has 4 aliphatic rings. The van der Waals surface area contributed by atoms with Gasteiger partial charge in [0.2, 0.25) is 0 Å². The van der Waals surface area contributed by atoms with E-state index in [2.05, 4.69) is 19.9 Å². The summed E-state index contributed by atoms with van der Waals surface area (Å²) in [6.45, 7) is 4.96. The Morgan fingerprint density at radius 3 is 2.91 bits per heavy atom. The van der Waals surface area contributed by atoms with Gasteiger partial charge in [-0.15, -0.1) is 0 Å². The molecule has 0 aromatic heterocycles. The summed E-state index contributed by atoms with van der Waals surface area (Å²) in [5.74, 6) is 2.75. The Hall–Kier alpha value is -0.300. The average molecular weight is 305 g/mol. The first kappa shape index (κ1) is 13.0. The van der Waals surface area contributed by atoms with E-state index < -0.39 is 0 Å². The van der Waals surface area contributed by atoms with Crippen LogP contribution in [0.15, 0.2) is 11.6 Å². The van der Waals surface area contributed by atoms with Crippen LogP contribution >= 0.6 is 0 Å². The molecular formula is C21H34O. The van der Waals surface area contributed by atoms with Gasteiger partial charge < -0.3 is 5.11 Å². The molecule has 4 aliphatic carbocycles. The molecule has 1 N–H and O–H groups in total. The predicted octanol–water partition coefficient (Wildman–Crippen LogP) is 5.34. The maximum Gasteiger partial charge on any atom is 0.0433 e. The normalized spacial score (nSPS) is 56.9. The third-order valence-electron chi connectivity index (χ3n) is 8.35. The molecule has 124 valence electrons. The van der Waals surface area contributed by atoms with E-state index in [1.54, 1.807) is 5.57 Å². The quantitative estimate of drug-likeness (QED) is 0.683. The van der Waals surface area contributed by atoms with E-state index in [1.807, 2.05) is 0 Å². The lowest BCUT2D eigenvalue weighted by Gasteiger charge is -2.58. The highest BCUT2D eigenvalue weighted by atomic mass is 16.3. The standard InChI is InChI=1S/C21H34O/c1-20-12-4-3-5-15(20)6-8-17-18-9-7-16(11-14-22)21(18,2)13-10-19(17)20/h5,16-19,22H,3-4,6-14H2,1-2H3/t16-,17+,18+,19+,20+,21-/m1/s1/i3D,11D/t3?,11?,16-,17+,18+,19+,20+,21-. The summed E-state index contributed by atoms with van der Waals surface area (Å²) in [6, 6.07) is 0. The van der Waals surface area contributed by atoms with Crippen molar-refractivity contribution in [2.24, 2.45) is 34.5 Å². The number of aliphatic hydroxyl groups is 1. The van der Waals surface area contributed by atoms with E-state index in [0.29, 0.717) is 11.3 Å². The summed E-state index contributed by atoms with van der Waals surface area (Å²) >= 11 is 0. The van der Waals surface area contributed by atoms with Gasteiger partial charge in [-0.05, 0) is 98.7 Å². The Balaban J connectivity index is 1.62. The number of rotatable bonds is 2. The highest BCUT2D eigenvalue weighted by Gasteiger charge is 2.58. The zero-order valence-electron chi connectivity index (χ0n) is 16.4. The summed E-state index contributed by atoms with van der Waals surface area (Å²) in [5, 5.41) is 9.54. The fourth-order valence-corrected chi connectivity index (χ4v) is 7.11. The van der Waals surface area contributed by atoms with Gasteiger partial charge in [-0.2, -0.15) is 0 Å². The molecule has 0 aromatic carbocycles. The molecule has 0 saturated heterocycles. The SMILES string of the molecule is [2H]C1C=C2CC[C@H]3[C@@H]4CC[C@H](C([2H])CO)[C@@]4(C)CC[C@@H]3[C@@]2(C)CC1. The second-order valence-corrected chi connectivity index (χ2v) is 8.95. The Bertz CT molecular complexity index is 532. The van der Waals surface area contributed by atoms with Crippen LogP contribution in [0.5, 0.6) is 0 Å². The molecule has 0 amide bonds. The minimum Gasteiger partial charge on any atom is -0.396 e. The summed E-state index contributed by atoms with van der Waals surface area (Å²) in [7, 11) is 0. The summed E-state index contributed by atoms with van der Waals surface area (Å²) in [6.07, 6.45) is 11.7. The van der Waals surface area contributed by atoms with Crippen molar-refractivity contribution in [1.29, 1.82) is 0 Å². The first-order valence-corrected chi connectivity index (χ1v) is 9.56. The molecule has 0 aromatic rings. The van der Waals surface area contributed by atoms with E-state index in [0.717, 1.165) is 30.6 Å². The van der Waals surface area contributed by atoms with Crippen molar-refractivity contribution in [3.8, 4) is 0 Å². The molecule has 22 heavy (non-hydrogen) atoms. The van der Waals surface area contributed by atoms with Gasteiger partial charge in [0.1, 0.15) is 0 Å². The lowest BCUT2D eigenvalue weighted by molar-refractivity contribution is -0.0537. The van der Waals surface area contributed by atoms with E-state index in [1.165, 1.54) is 38.5 Å². The fourth-order valence-electron chi connectivity index (χ4n) is 7.11. The van der Waals surface area contributed by atoms with Crippen LogP contribution in [0.4, 0.5) is 0 Å². The summed E-state index contributed by atoms with van der Waals surface area (Å²) in [4.78, 5) is 0. The van der Waals surface area contributed by atoms with Crippen LogP contribution < -0.4 is 0 Å². The highest BCUT2D eigenvalue weighted by molar-refractivity contribution is 5.23. The van der Waals surface area contributed by atoms with Gasteiger partial charge in [-0.1, -0.05) is 25.5 Å². The van der Waals surface area contributed by atoms with Gasteiger partial charge >= 0.3 is 0 Å². The molecule has 3 saturated carbocycles. The highest BCUT2D eigenvalue weighted by Crippen LogP contribution is 2.67. The first-order chi connectivity index (χ1) is 11.4. The third-order valence-corrected chi connectivity index (χ3v) is 8.35. The minimum atomic E-state index is -0.287. The maximum absolute atomic E-state index is 9.54. The van der Waals surface area contributed by atoms with Crippen molar-refractivity contribution in [3.63, 3.8) is 0 Å². The molecule has 3 fully saturated rings. The smallest absolute Gasteiger partial charge is 0.0433 e. The maximum atomic E-state index is 9.54. The summed E-state index contributed by atoms with van der Waals surface area (Å²) < 4.78 is 16.5. The van der Waals surface area contributed by atoms with Crippen molar-refractivity contribution in [2.45, 2.75) is 78.0 Å². The number of allylic oxidation sites excluding steroid dienone is 2. The van der Waals surface area contributed by atoms with Crippen molar-refractivity contribution >= 4 is 0 Å². The molecule has 0 aliphatic heterocycles. The number of hydrogen-bond donors (Lipinski definition) is 1. The zero-order chi connectivity index (χ0) is 17.1. The second kappa shape index (κ2) is 5.36. The van der Waals surface area contributed by atoms with Crippen molar-refractivity contribution in [3.05, 3.63) is 11.6 Å². The lowest BCUT2D eigenvalue weighted by atomic mass is 9.47. The molecule has 0 radical (unpaired) electrons. The lowest BCUT2D eigenvalue weighted by Crippen LogP contribution is -2.50. The molecule has 0 heterocycles. The van der Waals surface area contributed by atoms with Gasteiger partial charge in [0, 0.05) is 9.35 Å². The van der Waals surface area contributed by atoms with Gasteiger partial charge in [-0.3, -0.25) is 0 Å². The topological polar surface area (TPSA) is 20.2 Å². The van der Waals surface area contributed by atoms with Crippen LogP contribution in [0.1, 0.15) is 80.7 Å². The number of fused-ring (bicyclic) bond motifs is 5. The van der Waals surface area contributed by atoms with Crippen molar-refractivity contribution in [1.82, 2.24) is 0 Å². The predicted molar refractivity (Wildman–Crippen MR) is 91.5 cm³/mol. The Labute approximate surface area is 139 Å². The van der Waals surface area contributed by atoms with E-state index in [-0.39, 0.29) is 24.8 Å². The van der Waals surface area contributed by atoms with Crippen LogP contribution in [0.3, 0.4) is 0 Å². The Morgan fingerprint density at radius 2 is 2.09 bits per heavy atom. The van der Waals surface area contributed by atoms with Crippen LogP contribution in [-0.2, 0) is 0 Å². The Kier molecular flexibility index (Phi) is 3.18. The van der Waals surface area contributed by atoms with Crippen LogP contribution in [0, 0.1) is 34.5 Å². The molecule has 4 rings (SSSR count). The van der Waals surface area contributed by atoms with Gasteiger partial charge in [0.05, 0.1) is 0 Å². The monoisotopic (exact) mass is 304 g/mol. The Morgan fingerprint density at radius 1 is 1.23 bits per heavy atom. The first-order valence-electron chi connectivity index (χ1n) is 10.7. The van der Waals surface area contributed by atoms with Crippen LogP contribution in [-0.4, -0.2) is 11.7 Å². The third kappa shape index (κ3) is 2.00.